The number of thiazole rings is 1. The second-order valence-electron chi connectivity index (χ2n) is 5.59. The van der Waals surface area contributed by atoms with Gasteiger partial charge in [-0.3, -0.25) is 4.79 Å². The Balaban J connectivity index is 1.75. The van der Waals surface area contributed by atoms with Gasteiger partial charge in [0.1, 0.15) is 23.2 Å². The third kappa shape index (κ3) is 3.90. The zero-order valence-corrected chi connectivity index (χ0v) is 14.8. The molecule has 0 fully saturated rings. The van der Waals surface area contributed by atoms with Crippen molar-refractivity contribution in [3.8, 4) is 5.69 Å². The summed E-state index contributed by atoms with van der Waals surface area (Å²) in [5.74, 6) is -0.765. The molecule has 0 spiro atoms. The average Bonchev–Trinajstić information content (AvgIpc) is 3.22. The number of hydrogen-bond acceptors (Lipinski definition) is 5. The lowest BCUT2D eigenvalue weighted by molar-refractivity contribution is 0.103. The van der Waals surface area contributed by atoms with E-state index in [1.165, 1.54) is 34.7 Å². The third-order valence-corrected chi connectivity index (χ3v) is 4.88. The Kier molecular flexibility index (Phi) is 5.18. The predicted molar refractivity (Wildman–Crippen MR) is 94.7 cm³/mol. The Morgan fingerprint density at radius 2 is 2.24 bits per heavy atom. The maximum absolute atomic E-state index is 14.2. The molecule has 0 aliphatic heterocycles. The van der Waals surface area contributed by atoms with Crippen LogP contribution in [-0.4, -0.2) is 25.7 Å². The summed E-state index contributed by atoms with van der Waals surface area (Å²) in [7, 11) is 0. The molecule has 0 radical (unpaired) electrons. The van der Waals surface area contributed by atoms with E-state index in [-0.39, 0.29) is 11.6 Å². The summed E-state index contributed by atoms with van der Waals surface area (Å²) >= 11 is 1.39. The molecule has 2 heterocycles. The van der Waals surface area contributed by atoms with Crippen molar-refractivity contribution < 1.29 is 9.18 Å². The number of carbonyl (C=O) groups is 1. The summed E-state index contributed by atoms with van der Waals surface area (Å²) in [4.78, 5) is 21.3. The van der Waals surface area contributed by atoms with Gasteiger partial charge in [0.25, 0.3) is 5.91 Å². The third-order valence-electron chi connectivity index (χ3n) is 3.66. The number of halogens is 1. The SMILES string of the molecule is CCCCc1nc(C)c(C(=O)Nc2ccc(-n3cncn3)c(F)c2)s1. The van der Waals surface area contributed by atoms with Crippen LogP contribution in [-0.2, 0) is 6.42 Å². The highest BCUT2D eigenvalue weighted by Crippen LogP contribution is 2.23. The van der Waals surface area contributed by atoms with Crippen LogP contribution < -0.4 is 5.32 Å². The minimum absolute atomic E-state index is 0.270. The molecule has 25 heavy (non-hydrogen) atoms. The molecule has 0 aliphatic rings. The maximum atomic E-state index is 14.2. The molecule has 0 saturated heterocycles. The molecule has 130 valence electrons. The number of carbonyl (C=O) groups excluding carboxylic acids is 1. The van der Waals surface area contributed by atoms with E-state index in [0.29, 0.717) is 16.3 Å². The lowest BCUT2D eigenvalue weighted by Gasteiger charge is -2.07. The monoisotopic (exact) mass is 359 g/mol. The number of amides is 1. The van der Waals surface area contributed by atoms with E-state index in [9.17, 15) is 9.18 Å². The minimum atomic E-state index is -0.493. The average molecular weight is 359 g/mol. The molecule has 0 saturated carbocycles. The molecule has 3 rings (SSSR count). The second kappa shape index (κ2) is 7.52. The number of rotatable bonds is 6. The molecule has 6 nitrogen and oxygen atoms in total. The summed E-state index contributed by atoms with van der Waals surface area (Å²) < 4.78 is 15.6. The van der Waals surface area contributed by atoms with Crippen molar-refractivity contribution >= 4 is 22.9 Å². The van der Waals surface area contributed by atoms with Crippen LogP contribution in [0.1, 0.15) is 40.1 Å². The van der Waals surface area contributed by atoms with Gasteiger partial charge < -0.3 is 5.32 Å². The van der Waals surface area contributed by atoms with E-state index in [0.717, 1.165) is 24.3 Å². The molecule has 1 aromatic carbocycles. The van der Waals surface area contributed by atoms with Gasteiger partial charge in [-0.25, -0.2) is 19.0 Å². The molecular formula is C17H18FN5OS. The lowest BCUT2D eigenvalue weighted by Crippen LogP contribution is -2.12. The van der Waals surface area contributed by atoms with Gasteiger partial charge in [0, 0.05) is 5.69 Å². The van der Waals surface area contributed by atoms with Crippen LogP contribution in [0.2, 0.25) is 0 Å². The largest absolute Gasteiger partial charge is 0.321 e. The standard InChI is InChI=1S/C17H18FN5OS/c1-3-4-5-15-21-11(2)16(25-15)17(24)22-12-6-7-14(13(18)8-12)23-10-19-9-20-23/h6-10H,3-5H2,1-2H3,(H,22,24). The van der Waals surface area contributed by atoms with E-state index in [2.05, 4.69) is 27.3 Å². The first-order chi connectivity index (χ1) is 12.1. The Morgan fingerprint density at radius 3 is 2.92 bits per heavy atom. The van der Waals surface area contributed by atoms with Crippen LogP contribution in [0.15, 0.2) is 30.9 Å². The molecule has 3 aromatic rings. The first kappa shape index (κ1) is 17.2. The minimum Gasteiger partial charge on any atom is -0.321 e. The van der Waals surface area contributed by atoms with Crippen molar-refractivity contribution in [3.05, 3.63) is 52.2 Å². The number of aryl methyl sites for hydroxylation is 2. The Hall–Kier alpha value is -2.61. The lowest BCUT2D eigenvalue weighted by atomic mass is 10.2. The van der Waals surface area contributed by atoms with Gasteiger partial charge in [-0.1, -0.05) is 13.3 Å². The molecule has 0 aliphatic carbocycles. The predicted octanol–water partition coefficient (Wildman–Crippen LogP) is 3.77. The molecular weight excluding hydrogens is 341 g/mol. The highest BCUT2D eigenvalue weighted by molar-refractivity contribution is 7.13. The smallest absolute Gasteiger partial charge is 0.267 e. The van der Waals surface area contributed by atoms with E-state index in [1.54, 1.807) is 12.1 Å². The summed E-state index contributed by atoms with van der Waals surface area (Å²) in [6, 6.07) is 4.45. The molecule has 2 aromatic heterocycles. The zero-order valence-electron chi connectivity index (χ0n) is 14.0. The van der Waals surface area contributed by atoms with E-state index in [1.807, 2.05) is 6.92 Å². The van der Waals surface area contributed by atoms with Crippen LogP contribution in [0, 0.1) is 12.7 Å². The molecule has 1 N–H and O–H groups in total. The number of aromatic nitrogens is 4. The van der Waals surface area contributed by atoms with Gasteiger partial charge in [-0.05, 0) is 38.0 Å². The number of unbranched alkanes of at least 4 members (excludes halogenated alkanes) is 1. The van der Waals surface area contributed by atoms with Crippen LogP contribution in [0.5, 0.6) is 0 Å². The normalized spacial score (nSPS) is 10.8. The molecule has 0 bridgehead atoms. The van der Waals surface area contributed by atoms with Gasteiger partial charge in [0.15, 0.2) is 5.82 Å². The Bertz CT molecular complexity index is 875. The van der Waals surface area contributed by atoms with Crippen molar-refractivity contribution in [3.63, 3.8) is 0 Å². The summed E-state index contributed by atoms with van der Waals surface area (Å²) in [5.41, 5.74) is 1.36. The van der Waals surface area contributed by atoms with Gasteiger partial charge in [0.05, 0.1) is 10.7 Å². The second-order valence-corrected chi connectivity index (χ2v) is 6.67. The first-order valence-electron chi connectivity index (χ1n) is 8.00. The van der Waals surface area contributed by atoms with Crippen molar-refractivity contribution in [2.45, 2.75) is 33.1 Å². The van der Waals surface area contributed by atoms with Crippen LogP contribution >= 0.6 is 11.3 Å². The fourth-order valence-electron chi connectivity index (χ4n) is 2.39. The maximum Gasteiger partial charge on any atom is 0.267 e. The van der Waals surface area contributed by atoms with E-state index >= 15 is 0 Å². The highest BCUT2D eigenvalue weighted by atomic mass is 32.1. The summed E-state index contributed by atoms with van der Waals surface area (Å²) in [6.07, 6.45) is 5.74. The van der Waals surface area contributed by atoms with Gasteiger partial charge in [-0.2, -0.15) is 5.10 Å². The van der Waals surface area contributed by atoms with Crippen LogP contribution in [0.25, 0.3) is 5.69 Å². The van der Waals surface area contributed by atoms with Crippen molar-refractivity contribution in [2.24, 2.45) is 0 Å². The number of nitrogens with zero attached hydrogens (tertiary/aromatic N) is 4. The summed E-state index contributed by atoms with van der Waals surface area (Å²) in [5, 5.41) is 7.58. The number of benzene rings is 1. The highest BCUT2D eigenvalue weighted by Gasteiger charge is 2.16. The van der Waals surface area contributed by atoms with Gasteiger partial charge in [-0.15, -0.1) is 11.3 Å². The number of nitrogens with one attached hydrogen (secondary N) is 1. The van der Waals surface area contributed by atoms with E-state index < -0.39 is 5.82 Å². The Labute approximate surface area is 148 Å². The van der Waals surface area contributed by atoms with Crippen molar-refractivity contribution in [1.29, 1.82) is 0 Å². The molecule has 0 unspecified atom stereocenters. The zero-order chi connectivity index (χ0) is 17.8. The number of hydrogen-bond donors (Lipinski definition) is 1. The molecule has 0 atom stereocenters. The first-order valence-corrected chi connectivity index (χ1v) is 8.82. The quantitative estimate of drug-likeness (QED) is 0.727. The van der Waals surface area contributed by atoms with E-state index in [4.69, 9.17) is 0 Å². The van der Waals surface area contributed by atoms with Gasteiger partial charge in [0.2, 0.25) is 0 Å². The topological polar surface area (TPSA) is 72.7 Å². The molecule has 1 amide bonds. The van der Waals surface area contributed by atoms with Crippen molar-refractivity contribution in [1.82, 2.24) is 19.7 Å². The fraction of sp³-hybridized carbons (Fsp3) is 0.294. The Morgan fingerprint density at radius 1 is 1.40 bits per heavy atom. The molecule has 8 heteroatoms. The van der Waals surface area contributed by atoms with Crippen LogP contribution in [0.4, 0.5) is 10.1 Å². The van der Waals surface area contributed by atoms with Gasteiger partial charge >= 0.3 is 0 Å². The fourth-order valence-corrected chi connectivity index (χ4v) is 3.39. The summed E-state index contributed by atoms with van der Waals surface area (Å²) in [6.45, 7) is 3.93. The van der Waals surface area contributed by atoms with Crippen LogP contribution in [0.3, 0.4) is 0 Å². The van der Waals surface area contributed by atoms with Crippen molar-refractivity contribution in [2.75, 3.05) is 5.32 Å². The number of anilines is 1.